The number of amides is 1. The number of benzene rings is 2. The van der Waals surface area contributed by atoms with Gasteiger partial charge in [0.2, 0.25) is 0 Å². The highest BCUT2D eigenvalue weighted by atomic mass is 35.5. The van der Waals surface area contributed by atoms with Gasteiger partial charge in [-0.15, -0.1) is 0 Å². The van der Waals surface area contributed by atoms with Crippen molar-refractivity contribution in [3.63, 3.8) is 0 Å². The van der Waals surface area contributed by atoms with Crippen molar-refractivity contribution in [2.45, 2.75) is 11.3 Å². The van der Waals surface area contributed by atoms with Crippen LogP contribution in [0.1, 0.15) is 16.8 Å². The summed E-state index contributed by atoms with van der Waals surface area (Å²) in [6, 6.07) is 10.5. The molecule has 0 aliphatic heterocycles. The first-order valence-corrected chi connectivity index (χ1v) is 10.4. The lowest BCUT2D eigenvalue weighted by Gasteiger charge is -2.17. The number of nitrogens with zero attached hydrogens (tertiary/aromatic N) is 1. The number of hydrogen-bond acceptors (Lipinski definition) is 5. The summed E-state index contributed by atoms with van der Waals surface area (Å²) < 4.78 is 38.2. The summed E-state index contributed by atoms with van der Waals surface area (Å²) in [7, 11) is 0.742. The Morgan fingerprint density at radius 1 is 1.18 bits per heavy atom. The zero-order valence-electron chi connectivity index (χ0n) is 15.9. The quantitative estimate of drug-likeness (QED) is 0.622. The van der Waals surface area contributed by atoms with E-state index in [1.807, 2.05) is 0 Å². The van der Waals surface area contributed by atoms with Gasteiger partial charge in [0.15, 0.2) is 0 Å². The fourth-order valence-corrected chi connectivity index (χ4v) is 3.81. The summed E-state index contributed by atoms with van der Waals surface area (Å²) in [6.07, 6.45) is 0.687. The number of hydrogen-bond donors (Lipinski definition) is 1. The van der Waals surface area contributed by atoms with Crippen LogP contribution in [0.25, 0.3) is 0 Å². The van der Waals surface area contributed by atoms with Gasteiger partial charge in [-0.05, 0) is 42.8 Å². The molecule has 2 rings (SSSR count). The van der Waals surface area contributed by atoms with E-state index in [-0.39, 0.29) is 22.1 Å². The van der Waals surface area contributed by atoms with Gasteiger partial charge in [-0.1, -0.05) is 17.7 Å². The van der Waals surface area contributed by atoms with Crippen molar-refractivity contribution in [1.29, 1.82) is 0 Å². The minimum Gasteiger partial charge on any atom is -0.495 e. The van der Waals surface area contributed by atoms with Crippen LogP contribution in [-0.2, 0) is 14.8 Å². The molecule has 28 heavy (non-hydrogen) atoms. The van der Waals surface area contributed by atoms with Gasteiger partial charge in [-0.2, -0.15) is 0 Å². The van der Waals surface area contributed by atoms with Crippen LogP contribution in [0.3, 0.4) is 0 Å². The number of sulfonamides is 1. The summed E-state index contributed by atoms with van der Waals surface area (Å²) in [5.74, 6) is 0.0616. The molecule has 1 N–H and O–H groups in total. The van der Waals surface area contributed by atoms with Crippen molar-refractivity contribution < 1.29 is 22.7 Å². The Bertz CT molecular complexity index is 934. The average Bonchev–Trinajstić information content (AvgIpc) is 2.67. The van der Waals surface area contributed by atoms with Crippen LogP contribution in [0.2, 0.25) is 5.02 Å². The van der Waals surface area contributed by atoms with Crippen molar-refractivity contribution in [2.24, 2.45) is 0 Å². The van der Waals surface area contributed by atoms with E-state index >= 15 is 0 Å². The van der Waals surface area contributed by atoms with E-state index in [2.05, 4.69) is 4.72 Å². The van der Waals surface area contributed by atoms with E-state index in [1.165, 1.54) is 36.3 Å². The highest BCUT2D eigenvalue weighted by Crippen LogP contribution is 2.30. The van der Waals surface area contributed by atoms with Gasteiger partial charge in [0, 0.05) is 37.9 Å². The van der Waals surface area contributed by atoms with Gasteiger partial charge in [0.1, 0.15) is 5.75 Å². The Kier molecular flexibility index (Phi) is 7.68. The predicted octanol–water partition coefficient (Wildman–Crippen LogP) is 3.26. The standard InChI is InChI=1S/C19H23ClN2O5S/c1-22(10-5-11-26-2)19(23)14-6-4-7-16(12-14)28(24,25)21-17-13-15(20)8-9-18(17)27-3/h4,6-9,12-13,21H,5,10-11H2,1-3H3. The van der Waals surface area contributed by atoms with E-state index in [4.69, 9.17) is 21.1 Å². The van der Waals surface area contributed by atoms with Gasteiger partial charge in [0.25, 0.3) is 15.9 Å². The van der Waals surface area contributed by atoms with Gasteiger partial charge in [-0.3, -0.25) is 9.52 Å². The van der Waals surface area contributed by atoms with Gasteiger partial charge in [0.05, 0.1) is 17.7 Å². The van der Waals surface area contributed by atoms with Crippen LogP contribution in [-0.4, -0.2) is 53.6 Å². The second kappa shape index (κ2) is 9.77. The fraction of sp³-hybridized carbons (Fsp3) is 0.316. The SMILES string of the molecule is COCCCN(C)C(=O)c1cccc(S(=O)(=O)Nc2cc(Cl)ccc2OC)c1. The molecule has 0 heterocycles. The maximum absolute atomic E-state index is 12.8. The first kappa shape index (κ1) is 22.0. The summed E-state index contributed by atoms with van der Waals surface area (Å²) in [5, 5.41) is 0.361. The molecule has 0 atom stereocenters. The number of methoxy groups -OCH3 is 2. The van der Waals surface area contributed by atoms with E-state index in [1.54, 1.807) is 32.4 Å². The normalized spacial score (nSPS) is 11.1. The summed E-state index contributed by atoms with van der Waals surface area (Å²) in [5.41, 5.74) is 0.490. The van der Waals surface area contributed by atoms with Crippen LogP contribution in [0.4, 0.5) is 5.69 Å². The molecule has 0 fully saturated rings. The molecule has 2 aromatic carbocycles. The molecule has 9 heteroatoms. The van der Waals surface area contributed by atoms with Crippen molar-refractivity contribution >= 4 is 33.2 Å². The van der Waals surface area contributed by atoms with Crippen LogP contribution in [0, 0.1) is 0 Å². The third-order valence-corrected chi connectivity index (χ3v) is 5.58. The second-order valence-electron chi connectivity index (χ2n) is 6.05. The summed E-state index contributed by atoms with van der Waals surface area (Å²) >= 11 is 5.95. The molecule has 152 valence electrons. The number of carbonyl (C=O) groups excluding carboxylic acids is 1. The van der Waals surface area contributed by atoms with Crippen molar-refractivity contribution in [2.75, 3.05) is 39.1 Å². The molecule has 0 aliphatic carbocycles. The number of nitrogens with one attached hydrogen (secondary N) is 1. The van der Waals surface area contributed by atoms with Crippen LogP contribution >= 0.6 is 11.6 Å². The second-order valence-corrected chi connectivity index (χ2v) is 8.17. The zero-order chi connectivity index (χ0) is 20.7. The number of halogens is 1. The number of ether oxygens (including phenoxy) is 2. The van der Waals surface area contributed by atoms with Crippen LogP contribution in [0.15, 0.2) is 47.4 Å². The molecule has 1 amide bonds. The van der Waals surface area contributed by atoms with Gasteiger partial charge in [-0.25, -0.2) is 8.42 Å². The maximum atomic E-state index is 12.8. The fourth-order valence-electron chi connectivity index (χ4n) is 2.53. The molecule has 0 radical (unpaired) electrons. The molecule has 0 aliphatic rings. The van der Waals surface area contributed by atoms with Crippen molar-refractivity contribution in [1.82, 2.24) is 4.90 Å². The molecule has 0 bridgehead atoms. The number of rotatable bonds is 9. The smallest absolute Gasteiger partial charge is 0.262 e. The lowest BCUT2D eigenvalue weighted by molar-refractivity contribution is 0.0779. The predicted molar refractivity (Wildman–Crippen MR) is 109 cm³/mol. The van der Waals surface area contributed by atoms with Crippen LogP contribution in [0.5, 0.6) is 5.75 Å². The van der Waals surface area contributed by atoms with Crippen molar-refractivity contribution in [3.8, 4) is 5.75 Å². The topological polar surface area (TPSA) is 84.9 Å². The highest BCUT2D eigenvalue weighted by molar-refractivity contribution is 7.92. The third kappa shape index (κ3) is 5.60. The molecular weight excluding hydrogens is 404 g/mol. The molecular formula is C19H23ClN2O5S. The number of anilines is 1. The summed E-state index contributed by atoms with van der Waals surface area (Å²) in [4.78, 5) is 14.0. The Morgan fingerprint density at radius 2 is 1.93 bits per heavy atom. The van der Waals surface area contributed by atoms with Crippen LogP contribution < -0.4 is 9.46 Å². The first-order valence-electron chi connectivity index (χ1n) is 8.49. The van der Waals surface area contributed by atoms with Gasteiger partial charge >= 0.3 is 0 Å². The lowest BCUT2D eigenvalue weighted by atomic mass is 10.2. The molecule has 0 aromatic heterocycles. The third-order valence-electron chi connectivity index (χ3n) is 3.99. The molecule has 0 saturated heterocycles. The Morgan fingerprint density at radius 3 is 2.61 bits per heavy atom. The van der Waals surface area contributed by atoms with E-state index in [0.29, 0.717) is 30.3 Å². The van der Waals surface area contributed by atoms with Crippen molar-refractivity contribution in [3.05, 3.63) is 53.1 Å². The summed E-state index contributed by atoms with van der Waals surface area (Å²) in [6.45, 7) is 1.04. The minimum atomic E-state index is -3.94. The Labute approximate surface area is 170 Å². The molecule has 0 unspecified atom stereocenters. The zero-order valence-corrected chi connectivity index (χ0v) is 17.5. The van der Waals surface area contributed by atoms with E-state index in [9.17, 15) is 13.2 Å². The molecule has 7 nitrogen and oxygen atoms in total. The highest BCUT2D eigenvalue weighted by Gasteiger charge is 2.20. The lowest BCUT2D eigenvalue weighted by Crippen LogP contribution is -2.28. The first-order chi connectivity index (χ1) is 13.3. The molecule has 0 saturated carbocycles. The minimum absolute atomic E-state index is 0.0364. The number of carbonyl (C=O) groups is 1. The average molecular weight is 427 g/mol. The molecule has 0 spiro atoms. The molecule has 2 aromatic rings. The van der Waals surface area contributed by atoms with E-state index < -0.39 is 10.0 Å². The largest absolute Gasteiger partial charge is 0.495 e. The monoisotopic (exact) mass is 426 g/mol. The van der Waals surface area contributed by atoms with Gasteiger partial charge < -0.3 is 14.4 Å². The Balaban J connectivity index is 2.24. The maximum Gasteiger partial charge on any atom is 0.262 e. The Hall–Kier alpha value is -2.29. The van der Waals surface area contributed by atoms with E-state index in [0.717, 1.165) is 0 Å².